The summed E-state index contributed by atoms with van der Waals surface area (Å²) in [5.41, 5.74) is -0.639. The molecule has 4 heteroatoms. The van der Waals surface area contributed by atoms with Gasteiger partial charge in [-0.05, 0) is 6.42 Å². The third kappa shape index (κ3) is 2.01. The Morgan fingerprint density at radius 2 is 2.13 bits per heavy atom. The summed E-state index contributed by atoms with van der Waals surface area (Å²) in [5.74, 6) is -0.433. The Kier molecular flexibility index (Phi) is 3.13. The van der Waals surface area contributed by atoms with Crippen molar-refractivity contribution in [1.82, 2.24) is 4.90 Å². The average Bonchev–Trinajstić information content (AvgIpc) is 2.34. The second kappa shape index (κ2) is 4.01. The van der Waals surface area contributed by atoms with E-state index >= 15 is 0 Å². The van der Waals surface area contributed by atoms with E-state index in [1.54, 1.807) is 13.8 Å². The molecule has 0 saturated carbocycles. The summed E-state index contributed by atoms with van der Waals surface area (Å²) in [7, 11) is 0. The van der Waals surface area contributed by atoms with Gasteiger partial charge >= 0.3 is 0 Å². The van der Waals surface area contributed by atoms with Gasteiger partial charge in [-0.3, -0.25) is 14.5 Å². The molecule has 0 aromatic rings. The van der Waals surface area contributed by atoms with Crippen LogP contribution in [0.25, 0.3) is 0 Å². The van der Waals surface area contributed by atoms with Gasteiger partial charge in [0.15, 0.2) is 0 Å². The molecule has 0 aliphatic carbocycles. The Labute approximate surface area is 89.9 Å². The molecule has 15 heavy (non-hydrogen) atoms. The highest BCUT2D eigenvalue weighted by atomic mass is 16.2. The number of amides is 2. The topological polar surface area (TPSA) is 61.2 Å². The minimum Gasteiger partial charge on any atom is -0.274 e. The molecule has 1 atom stereocenters. The van der Waals surface area contributed by atoms with Crippen LogP contribution in [0.2, 0.25) is 0 Å². The van der Waals surface area contributed by atoms with Crippen molar-refractivity contribution in [2.45, 2.75) is 46.1 Å². The van der Waals surface area contributed by atoms with Crippen molar-refractivity contribution in [3.63, 3.8) is 0 Å². The van der Waals surface area contributed by atoms with Gasteiger partial charge in [-0.2, -0.15) is 5.26 Å². The van der Waals surface area contributed by atoms with Crippen LogP contribution in [-0.4, -0.2) is 22.8 Å². The molecule has 82 valence electrons. The van der Waals surface area contributed by atoms with Crippen molar-refractivity contribution < 1.29 is 9.59 Å². The number of carbonyl (C=O) groups excluding carboxylic acids is 2. The lowest BCUT2D eigenvalue weighted by Crippen LogP contribution is -2.40. The average molecular weight is 208 g/mol. The van der Waals surface area contributed by atoms with Crippen LogP contribution < -0.4 is 0 Å². The van der Waals surface area contributed by atoms with Crippen LogP contribution in [0.1, 0.15) is 40.0 Å². The second-order valence-electron chi connectivity index (χ2n) is 4.56. The maximum Gasteiger partial charge on any atom is 0.236 e. The number of nitriles is 1. The number of likely N-dealkylation sites (tertiary alicyclic amines) is 1. The summed E-state index contributed by atoms with van der Waals surface area (Å²) in [6.45, 7) is 5.42. The van der Waals surface area contributed by atoms with Crippen LogP contribution in [0.4, 0.5) is 0 Å². The Balaban J connectivity index is 2.91. The Morgan fingerprint density at radius 1 is 1.53 bits per heavy atom. The zero-order valence-electron chi connectivity index (χ0n) is 9.41. The summed E-state index contributed by atoms with van der Waals surface area (Å²) >= 11 is 0. The second-order valence-corrected chi connectivity index (χ2v) is 4.56. The largest absolute Gasteiger partial charge is 0.274 e. The number of carbonyl (C=O) groups is 2. The normalized spacial score (nSPS) is 21.6. The molecule has 0 aromatic heterocycles. The van der Waals surface area contributed by atoms with Crippen LogP contribution >= 0.6 is 0 Å². The Hall–Kier alpha value is -1.37. The molecule has 1 unspecified atom stereocenters. The minimum absolute atomic E-state index is 0.215. The fourth-order valence-electron chi connectivity index (χ4n) is 1.82. The lowest BCUT2D eigenvalue weighted by Gasteiger charge is -2.21. The molecule has 1 rings (SSSR count). The van der Waals surface area contributed by atoms with Crippen molar-refractivity contribution in [3.8, 4) is 6.07 Å². The Bertz CT molecular complexity index is 328. The first-order valence-electron chi connectivity index (χ1n) is 5.20. The van der Waals surface area contributed by atoms with Gasteiger partial charge in [0.1, 0.15) is 6.04 Å². The Morgan fingerprint density at radius 3 is 2.47 bits per heavy atom. The fraction of sp³-hybridized carbons (Fsp3) is 0.727. The van der Waals surface area contributed by atoms with Crippen molar-refractivity contribution in [2.24, 2.45) is 5.41 Å². The van der Waals surface area contributed by atoms with E-state index in [-0.39, 0.29) is 18.2 Å². The third-order valence-electron chi connectivity index (χ3n) is 2.68. The highest BCUT2D eigenvalue weighted by molar-refractivity contribution is 6.06. The first kappa shape index (κ1) is 11.7. The maximum absolute atomic E-state index is 11.9. The predicted molar refractivity (Wildman–Crippen MR) is 54.6 cm³/mol. The number of nitrogens with zero attached hydrogens (tertiary/aromatic N) is 2. The van der Waals surface area contributed by atoms with Gasteiger partial charge < -0.3 is 0 Å². The molecule has 2 amide bonds. The molecule has 1 aliphatic heterocycles. The van der Waals surface area contributed by atoms with Crippen molar-refractivity contribution in [2.75, 3.05) is 0 Å². The van der Waals surface area contributed by atoms with Crippen LogP contribution in [0.3, 0.4) is 0 Å². The number of rotatable bonds is 3. The van der Waals surface area contributed by atoms with Crippen molar-refractivity contribution in [1.29, 1.82) is 5.26 Å². The number of hydrogen-bond donors (Lipinski definition) is 0. The quantitative estimate of drug-likeness (QED) is 0.660. The summed E-state index contributed by atoms with van der Waals surface area (Å²) in [6.07, 6.45) is 1.56. The van der Waals surface area contributed by atoms with Crippen LogP contribution in [0, 0.1) is 16.7 Å². The SMILES string of the molecule is CCCC(C#N)N1C(=O)CC(C)(C)C1=O. The first-order valence-corrected chi connectivity index (χ1v) is 5.20. The van der Waals surface area contributed by atoms with E-state index in [4.69, 9.17) is 5.26 Å². The van der Waals surface area contributed by atoms with Gasteiger partial charge in [-0.1, -0.05) is 27.2 Å². The molecule has 0 N–H and O–H groups in total. The molecule has 4 nitrogen and oxygen atoms in total. The van der Waals surface area contributed by atoms with Gasteiger partial charge in [0.05, 0.1) is 11.5 Å². The molecule has 1 aliphatic rings. The summed E-state index contributed by atoms with van der Waals surface area (Å²) < 4.78 is 0. The maximum atomic E-state index is 11.9. The van der Waals surface area contributed by atoms with E-state index < -0.39 is 11.5 Å². The molecule has 1 fully saturated rings. The van der Waals surface area contributed by atoms with Crippen LogP contribution in [0.15, 0.2) is 0 Å². The zero-order chi connectivity index (χ0) is 11.6. The highest BCUT2D eigenvalue weighted by Gasteiger charge is 2.47. The van der Waals surface area contributed by atoms with Gasteiger partial charge in [0.2, 0.25) is 11.8 Å². The van der Waals surface area contributed by atoms with E-state index in [0.717, 1.165) is 11.3 Å². The lowest BCUT2D eigenvalue weighted by atomic mass is 9.92. The van der Waals surface area contributed by atoms with Gasteiger partial charge in [-0.15, -0.1) is 0 Å². The summed E-state index contributed by atoms with van der Waals surface area (Å²) in [6, 6.07) is 1.44. The van der Waals surface area contributed by atoms with Crippen LogP contribution in [-0.2, 0) is 9.59 Å². The van der Waals surface area contributed by atoms with Crippen molar-refractivity contribution in [3.05, 3.63) is 0 Å². The van der Waals surface area contributed by atoms with E-state index in [2.05, 4.69) is 0 Å². The third-order valence-corrected chi connectivity index (χ3v) is 2.68. The molecular weight excluding hydrogens is 192 g/mol. The van der Waals surface area contributed by atoms with E-state index in [1.165, 1.54) is 0 Å². The highest BCUT2D eigenvalue weighted by Crippen LogP contribution is 2.33. The first-order chi connectivity index (χ1) is 6.94. The molecule has 0 spiro atoms. The fourth-order valence-corrected chi connectivity index (χ4v) is 1.82. The monoisotopic (exact) mass is 208 g/mol. The number of imide groups is 1. The van der Waals surface area contributed by atoms with E-state index in [9.17, 15) is 9.59 Å². The van der Waals surface area contributed by atoms with E-state index in [0.29, 0.717) is 6.42 Å². The standard InChI is InChI=1S/C11H16N2O2/c1-4-5-8(7-12)13-9(14)6-11(2,3)10(13)15/h8H,4-6H2,1-3H3. The molecule has 0 bridgehead atoms. The van der Waals surface area contributed by atoms with Gasteiger partial charge in [0.25, 0.3) is 0 Å². The zero-order valence-corrected chi connectivity index (χ0v) is 9.41. The lowest BCUT2D eigenvalue weighted by molar-refractivity contribution is -0.142. The molecule has 1 saturated heterocycles. The van der Waals surface area contributed by atoms with Gasteiger partial charge in [-0.25, -0.2) is 0 Å². The smallest absolute Gasteiger partial charge is 0.236 e. The number of hydrogen-bond acceptors (Lipinski definition) is 3. The minimum atomic E-state index is -0.639. The van der Waals surface area contributed by atoms with Crippen molar-refractivity contribution >= 4 is 11.8 Å². The summed E-state index contributed by atoms with van der Waals surface area (Å²) in [4.78, 5) is 24.6. The van der Waals surface area contributed by atoms with Gasteiger partial charge in [0, 0.05) is 6.42 Å². The molecular formula is C11H16N2O2. The molecule has 1 heterocycles. The van der Waals surface area contributed by atoms with Crippen LogP contribution in [0.5, 0.6) is 0 Å². The molecule has 0 aromatic carbocycles. The molecule has 0 radical (unpaired) electrons. The summed E-state index contributed by atoms with van der Waals surface area (Å²) in [5, 5.41) is 8.93. The van der Waals surface area contributed by atoms with E-state index in [1.807, 2.05) is 13.0 Å². The predicted octanol–water partition coefficient (Wildman–Crippen LogP) is 1.46.